The molecule has 0 N–H and O–H groups in total. The molecule has 0 amide bonds. The van der Waals surface area contributed by atoms with Crippen molar-refractivity contribution in [2.24, 2.45) is 0 Å². The highest BCUT2D eigenvalue weighted by molar-refractivity contribution is 6.34. The van der Waals surface area contributed by atoms with E-state index in [-0.39, 0.29) is 5.78 Å². The Morgan fingerprint density at radius 1 is 1.20 bits per heavy atom. The van der Waals surface area contributed by atoms with Crippen LogP contribution in [0.4, 0.5) is 0 Å². The summed E-state index contributed by atoms with van der Waals surface area (Å²) in [5.41, 5.74) is 1.46. The van der Waals surface area contributed by atoms with E-state index in [1.54, 1.807) is 13.2 Å². The van der Waals surface area contributed by atoms with Gasteiger partial charge in [-0.05, 0) is 12.0 Å². The predicted octanol–water partition coefficient (Wildman–Crippen LogP) is 2.49. The first-order valence-electron chi connectivity index (χ1n) is 4.65. The second-order valence-corrected chi connectivity index (χ2v) is 3.75. The van der Waals surface area contributed by atoms with Gasteiger partial charge in [0.25, 0.3) is 0 Å². The number of methoxy groups -OCH3 is 2. The number of carbonyl (C=O) groups excluding carboxylic acids is 1. The standard InChI is InChI=1S/C11H11ClO3/c1-14-8-5-9(15-2)11(12)6-3-4-7(13)10(6)8/h5H,3-4H2,1-2H3. The zero-order valence-electron chi connectivity index (χ0n) is 8.59. The lowest BCUT2D eigenvalue weighted by atomic mass is 10.1. The fourth-order valence-electron chi connectivity index (χ4n) is 1.88. The van der Waals surface area contributed by atoms with Crippen LogP contribution < -0.4 is 9.47 Å². The van der Waals surface area contributed by atoms with E-state index in [1.807, 2.05) is 0 Å². The Hall–Kier alpha value is -1.22. The first-order valence-corrected chi connectivity index (χ1v) is 5.03. The molecule has 0 saturated heterocycles. The van der Waals surface area contributed by atoms with Crippen molar-refractivity contribution in [3.63, 3.8) is 0 Å². The minimum absolute atomic E-state index is 0.0893. The van der Waals surface area contributed by atoms with Crippen LogP contribution in [0, 0.1) is 0 Å². The van der Waals surface area contributed by atoms with E-state index in [9.17, 15) is 4.79 Å². The summed E-state index contributed by atoms with van der Waals surface area (Å²) in [6, 6.07) is 1.66. The van der Waals surface area contributed by atoms with Crippen LogP contribution in [0.15, 0.2) is 6.07 Å². The van der Waals surface area contributed by atoms with Crippen LogP contribution in [0.25, 0.3) is 0 Å². The van der Waals surface area contributed by atoms with Crippen molar-refractivity contribution in [2.75, 3.05) is 14.2 Å². The Morgan fingerprint density at radius 3 is 2.47 bits per heavy atom. The number of ketones is 1. The fourth-order valence-corrected chi connectivity index (χ4v) is 2.20. The second kappa shape index (κ2) is 3.74. The molecule has 80 valence electrons. The monoisotopic (exact) mass is 226 g/mol. The van der Waals surface area contributed by atoms with Crippen molar-refractivity contribution in [1.29, 1.82) is 0 Å². The summed E-state index contributed by atoms with van der Waals surface area (Å²) in [6.07, 6.45) is 1.17. The first-order chi connectivity index (χ1) is 7.19. The molecule has 0 saturated carbocycles. The van der Waals surface area contributed by atoms with Crippen molar-refractivity contribution in [1.82, 2.24) is 0 Å². The van der Waals surface area contributed by atoms with Gasteiger partial charge in [-0.2, -0.15) is 0 Å². The molecule has 4 heteroatoms. The zero-order chi connectivity index (χ0) is 11.0. The SMILES string of the molecule is COc1cc(OC)c2c(c1Cl)CCC2=O. The van der Waals surface area contributed by atoms with Crippen LogP contribution in [0.5, 0.6) is 11.5 Å². The minimum Gasteiger partial charge on any atom is -0.496 e. The number of Topliss-reactive ketones (excluding diaryl/α,β-unsaturated/α-hetero) is 1. The molecule has 0 atom stereocenters. The van der Waals surface area contributed by atoms with Crippen molar-refractivity contribution < 1.29 is 14.3 Å². The summed E-state index contributed by atoms with van der Waals surface area (Å²) in [5.74, 6) is 1.20. The van der Waals surface area contributed by atoms with E-state index in [1.165, 1.54) is 7.11 Å². The molecule has 1 aromatic rings. The maximum atomic E-state index is 11.6. The Morgan fingerprint density at radius 2 is 1.87 bits per heavy atom. The van der Waals surface area contributed by atoms with Gasteiger partial charge < -0.3 is 9.47 Å². The van der Waals surface area contributed by atoms with Gasteiger partial charge in [-0.1, -0.05) is 11.6 Å². The number of rotatable bonds is 2. The van der Waals surface area contributed by atoms with E-state index >= 15 is 0 Å². The quantitative estimate of drug-likeness (QED) is 0.777. The topological polar surface area (TPSA) is 35.5 Å². The molecule has 0 aromatic heterocycles. The Kier molecular flexibility index (Phi) is 2.57. The van der Waals surface area contributed by atoms with E-state index < -0.39 is 0 Å². The van der Waals surface area contributed by atoms with E-state index in [4.69, 9.17) is 21.1 Å². The van der Waals surface area contributed by atoms with Crippen LogP contribution in [0.2, 0.25) is 5.02 Å². The van der Waals surface area contributed by atoms with Crippen molar-refractivity contribution >= 4 is 17.4 Å². The first kappa shape index (κ1) is 10.3. The molecule has 0 fully saturated rings. The number of fused-ring (bicyclic) bond motifs is 1. The Bertz CT molecular complexity index is 426. The number of benzene rings is 1. The van der Waals surface area contributed by atoms with Gasteiger partial charge in [0.15, 0.2) is 5.78 Å². The summed E-state index contributed by atoms with van der Waals surface area (Å²) < 4.78 is 10.3. The number of ether oxygens (including phenoxy) is 2. The van der Waals surface area contributed by atoms with Crippen LogP contribution in [-0.2, 0) is 6.42 Å². The van der Waals surface area contributed by atoms with Crippen LogP contribution in [-0.4, -0.2) is 20.0 Å². The normalized spacial score (nSPS) is 13.9. The highest BCUT2D eigenvalue weighted by atomic mass is 35.5. The molecule has 1 aliphatic rings. The molecule has 3 nitrogen and oxygen atoms in total. The van der Waals surface area contributed by atoms with Crippen molar-refractivity contribution in [3.8, 4) is 11.5 Å². The average molecular weight is 227 g/mol. The number of halogens is 1. The van der Waals surface area contributed by atoms with Gasteiger partial charge in [-0.15, -0.1) is 0 Å². The lowest BCUT2D eigenvalue weighted by Crippen LogP contribution is -1.99. The lowest BCUT2D eigenvalue weighted by Gasteiger charge is -2.11. The molecular formula is C11H11ClO3. The molecule has 0 aliphatic heterocycles. The molecule has 1 aromatic carbocycles. The van der Waals surface area contributed by atoms with Crippen molar-refractivity contribution in [3.05, 3.63) is 22.2 Å². The maximum absolute atomic E-state index is 11.6. The lowest BCUT2D eigenvalue weighted by molar-refractivity contribution is 0.0992. The van der Waals surface area contributed by atoms with E-state index in [2.05, 4.69) is 0 Å². The van der Waals surface area contributed by atoms with Gasteiger partial charge in [0.05, 0.1) is 24.8 Å². The summed E-state index contributed by atoms with van der Waals surface area (Å²) in [5, 5.41) is 0.527. The summed E-state index contributed by atoms with van der Waals surface area (Å²) in [4.78, 5) is 11.6. The van der Waals surface area contributed by atoms with Gasteiger partial charge >= 0.3 is 0 Å². The third-order valence-corrected chi connectivity index (χ3v) is 3.03. The van der Waals surface area contributed by atoms with Crippen LogP contribution >= 0.6 is 11.6 Å². The highest BCUT2D eigenvalue weighted by Crippen LogP contribution is 2.41. The molecule has 0 unspecified atom stereocenters. The third-order valence-electron chi connectivity index (χ3n) is 2.61. The smallest absolute Gasteiger partial charge is 0.167 e. The Labute approximate surface area is 92.9 Å². The van der Waals surface area contributed by atoms with Crippen molar-refractivity contribution in [2.45, 2.75) is 12.8 Å². The second-order valence-electron chi connectivity index (χ2n) is 3.37. The minimum atomic E-state index is 0.0893. The van der Waals surface area contributed by atoms with Gasteiger partial charge in [0, 0.05) is 12.5 Å². The largest absolute Gasteiger partial charge is 0.496 e. The third kappa shape index (κ3) is 1.47. The molecular weight excluding hydrogens is 216 g/mol. The molecule has 0 bridgehead atoms. The molecule has 2 rings (SSSR count). The molecule has 0 radical (unpaired) electrons. The molecule has 15 heavy (non-hydrogen) atoms. The fraction of sp³-hybridized carbons (Fsp3) is 0.364. The number of hydrogen-bond donors (Lipinski definition) is 0. The molecule has 1 aliphatic carbocycles. The van der Waals surface area contributed by atoms with Gasteiger partial charge in [0.2, 0.25) is 0 Å². The summed E-state index contributed by atoms with van der Waals surface area (Å²) in [6.45, 7) is 0. The maximum Gasteiger partial charge on any atom is 0.167 e. The van der Waals surface area contributed by atoms with Gasteiger partial charge in [-0.3, -0.25) is 4.79 Å². The van der Waals surface area contributed by atoms with Gasteiger partial charge in [0.1, 0.15) is 11.5 Å². The van der Waals surface area contributed by atoms with Crippen LogP contribution in [0.3, 0.4) is 0 Å². The number of hydrogen-bond acceptors (Lipinski definition) is 3. The summed E-state index contributed by atoms with van der Waals surface area (Å²) in [7, 11) is 3.08. The number of carbonyl (C=O) groups is 1. The van der Waals surface area contributed by atoms with Crippen LogP contribution in [0.1, 0.15) is 22.3 Å². The zero-order valence-corrected chi connectivity index (χ0v) is 9.35. The average Bonchev–Trinajstić information content (AvgIpc) is 2.63. The molecule has 0 heterocycles. The van der Waals surface area contributed by atoms with E-state index in [0.29, 0.717) is 34.9 Å². The van der Waals surface area contributed by atoms with E-state index in [0.717, 1.165) is 5.56 Å². The predicted molar refractivity (Wildman–Crippen MR) is 57.2 cm³/mol. The Balaban J connectivity index is 2.69. The van der Waals surface area contributed by atoms with Gasteiger partial charge in [-0.25, -0.2) is 0 Å². The summed E-state index contributed by atoms with van der Waals surface area (Å²) >= 11 is 6.12. The molecule has 0 spiro atoms. The highest BCUT2D eigenvalue weighted by Gasteiger charge is 2.28.